The Bertz CT molecular complexity index is 1360. The van der Waals surface area contributed by atoms with Gasteiger partial charge in [0.15, 0.2) is 5.78 Å². The zero-order valence-corrected chi connectivity index (χ0v) is 28.3. The number of carbonyl (C=O) groups is 4. The van der Waals surface area contributed by atoms with Crippen LogP contribution < -0.4 is 10.6 Å². The van der Waals surface area contributed by atoms with Gasteiger partial charge in [-0.15, -0.1) is 0 Å². The molecule has 0 atom stereocenters. The Morgan fingerprint density at radius 1 is 0.674 bits per heavy atom. The third kappa shape index (κ3) is 11.3. The number of nitrogens with one attached hydrogen (secondary N) is 2. The van der Waals surface area contributed by atoms with Gasteiger partial charge < -0.3 is 15.7 Å². The lowest BCUT2D eigenvalue weighted by atomic mass is 9.78. The molecule has 2 amide bonds. The van der Waals surface area contributed by atoms with Gasteiger partial charge in [-0.2, -0.15) is 0 Å². The Morgan fingerprint density at radius 2 is 1.20 bits per heavy atom. The highest BCUT2D eigenvalue weighted by molar-refractivity contribution is 6.39. The van der Waals surface area contributed by atoms with Crippen molar-refractivity contribution in [2.45, 2.75) is 136 Å². The Morgan fingerprint density at radius 3 is 1.72 bits per heavy atom. The van der Waals surface area contributed by atoms with Gasteiger partial charge in [0.1, 0.15) is 5.76 Å². The van der Waals surface area contributed by atoms with E-state index in [0.29, 0.717) is 29.7 Å². The van der Waals surface area contributed by atoms with Gasteiger partial charge in [-0.1, -0.05) is 110 Å². The van der Waals surface area contributed by atoms with E-state index in [9.17, 15) is 24.3 Å². The van der Waals surface area contributed by atoms with Gasteiger partial charge in [-0.3, -0.25) is 19.2 Å². The number of Topliss-reactive ketones (excluding diaryl/α,β-unsaturated/α-hetero) is 1. The van der Waals surface area contributed by atoms with E-state index in [2.05, 4.69) is 24.5 Å². The number of anilines is 1. The van der Waals surface area contributed by atoms with E-state index in [-0.39, 0.29) is 46.0 Å². The molecule has 46 heavy (non-hydrogen) atoms. The number of hydrogen-bond acceptors (Lipinski definition) is 5. The van der Waals surface area contributed by atoms with E-state index >= 15 is 0 Å². The minimum atomic E-state index is -0.359. The van der Waals surface area contributed by atoms with Crippen LogP contribution in [0.25, 0.3) is 5.57 Å². The fraction of sp³-hybridized carbons (Fsp3) is 0.538. The van der Waals surface area contributed by atoms with Crippen LogP contribution in [-0.4, -0.2) is 28.5 Å². The van der Waals surface area contributed by atoms with Crippen LogP contribution in [0, 0.1) is 6.92 Å². The molecule has 0 bridgehead atoms. The van der Waals surface area contributed by atoms with Gasteiger partial charge >= 0.3 is 0 Å². The average Bonchev–Trinajstić information content (AvgIpc) is 3.02. The van der Waals surface area contributed by atoms with E-state index < -0.39 is 0 Å². The zero-order valence-electron chi connectivity index (χ0n) is 28.3. The maximum absolute atomic E-state index is 13.4. The van der Waals surface area contributed by atoms with Gasteiger partial charge in [0.25, 0.3) is 0 Å². The molecule has 0 aliphatic heterocycles. The van der Waals surface area contributed by atoms with E-state index in [1.807, 2.05) is 6.92 Å². The van der Waals surface area contributed by atoms with E-state index in [1.54, 1.807) is 18.2 Å². The molecular formula is C39H54N2O5. The topological polar surface area (TPSA) is 113 Å². The third-order valence-corrected chi connectivity index (χ3v) is 8.76. The number of unbranched alkanes of at least 4 members (excludes halogenated alkanes) is 14. The standard InChI is InChI=1S/C39H54N2O5/c1-4-6-8-10-11-12-13-14-15-17-19-20-34(43)40-29-22-24-31(28(3)26-29)36-38(45)37(39(36)46)32-25-23-30(42)27-33(32)41-35(44)21-18-16-9-7-5-2/h22-27,45H,4-21H2,1-3H3,(H,40,43)(H,41,44)/b37-32-. The number of allylic oxidation sites excluding steroid dienone is 5. The maximum Gasteiger partial charge on any atom is 0.224 e. The van der Waals surface area contributed by atoms with Crippen molar-refractivity contribution in [2.75, 3.05) is 5.32 Å². The zero-order chi connectivity index (χ0) is 33.3. The summed E-state index contributed by atoms with van der Waals surface area (Å²) in [7, 11) is 0. The van der Waals surface area contributed by atoms with Crippen LogP contribution in [0.3, 0.4) is 0 Å². The Labute approximate surface area is 275 Å². The monoisotopic (exact) mass is 630 g/mol. The molecule has 0 saturated carbocycles. The third-order valence-electron chi connectivity index (χ3n) is 8.76. The number of amides is 2. The van der Waals surface area contributed by atoms with Gasteiger partial charge in [0.2, 0.25) is 17.6 Å². The number of rotatable bonds is 21. The number of benzene rings is 1. The highest BCUT2D eigenvalue weighted by Gasteiger charge is 2.38. The minimum absolute atomic E-state index is 0.0298. The highest BCUT2D eigenvalue weighted by Crippen LogP contribution is 2.41. The Kier molecular flexibility index (Phi) is 15.7. The summed E-state index contributed by atoms with van der Waals surface area (Å²) in [6.45, 7) is 6.21. The predicted octanol–water partition coefficient (Wildman–Crippen LogP) is 9.28. The van der Waals surface area contributed by atoms with Gasteiger partial charge in [-0.25, -0.2) is 0 Å². The van der Waals surface area contributed by atoms with Gasteiger partial charge in [-0.05, 0) is 55.2 Å². The molecule has 1 aromatic carbocycles. The first-order valence-electron chi connectivity index (χ1n) is 17.6. The van der Waals surface area contributed by atoms with Crippen LogP contribution in [0.15, 0.2) is 59.0 Å². The molecule has 2 aliphatic carbocycles. The van der Waals surface area contributed by atoms with Gasteiger partial charge in [0.05, 0.1) is 16.8 Å². The van der Waals surface area contributed by atoms with Crippen molar-refractivity contribution in [2.24, 2.45) is 0 Å². The SMILES string of the molecule is CCCCCCCCCCCCCC(=O)Nc1ccc(C2=C(O)/C(=C3\C=CC(=O)C=C3NC(=O)CCCCCCC)C2=O)c(C)c1. The molecule has 2 aliphatic rings. The molecule has 0 spiro atoms. The molecule has 0 unspecified atom stereocenters. The molecule has 3 N–H and O–H groups in total. The van der Waals surface area contributed by atoms with Crippen LogP contribution in [-0.2, 0) is 19.2 Å². The number of hydrogen-bond donors (Lipinski definition) is 3. The molecule has 250 valence electrons. The van der Waals surface area contributed by atoms with Crippen LogP contribution >= 0.6 is 0 Å². The number of ketones is 2. The highest BCUT2D eigenvalue weighted by atomic mass is 16.3. The summed E-state index contributed by atoms with van der Waals surface area (Å²) in [6.07, 6.45) is 23.5. The van der Waals surface area contributed by atoms with Gasteiger partial charge in [0, 0.05) is 30.2 Å². The Balaban J connectivity index is 1.53. The second kappa shape index (κ2) is 19.7. The second-order valence-electron chi connectivity index (χ2n) is 12.7. The summed E-state index contributed by atoms with van der Waals surface area (Å²) in [5, 5.41) is 16.8. The van der Waals surface area contributed by atoms with Crippen LogP contribution in [0.1, 0.15) is 141 Å². The lowest BCUT2D eigenvalue weighted by molar-refractivity contribution is -0.120. The first-order chi connectivity index (χ1) is 22.3. The predicted molar refractivity (Wildman–Crippen MR) is 186 cm³/mol. The number of aryl methyl sites for hydroxylation is 1. The van der Waals surface area contributed by atoms with E-state index in [1.165, 1.54) is 69.6 Å². The molecule has 1 aromatic rings. The minimum Gasteiger partial charge on any atom is -0.506 e. The van der Waals surface area contributed by atoms with Crippen molar-refractivity contribution < 1.29 is 24.3 Å². The van der Waals surface area contributed by atoms with Crippen molar-refractivity contribution in [3.63, 3.8) is 0 Å². The summed E-state index contributed by atoms with van der Waals surface area (Å²) in [4.78, 5) is 50.6. The smallest absolute Gasteiger partial charge is 0.224 e. The summed E-state index contributed by atoms with van der Waals surface area (Å²) in [6, 6.07) is 5.28. The largest absolute Gasteiger partial charge is 0.506 e. The van der Waals surface area contributed by atoms with Crippen LogP contribution in [0.2, 0.25) is 0 Å². The molecule has 0 fully saturated rings. The Hall–Kier alpha value is -3.74. The lowest BCUT2D eigenvalue weighted by Crippen LogP contribution is -2.29. The van der Waals surface area contributed by atoms with Crippen LogP contribution in [0.4, 0.5) is 5.69 Å². The molecule has 3 rings (SSSR count). The van der Waals surface area contributed by atoms with Crippen molar-refractivity contribution in [3.8, 4) is 0 Å². The normalized spacial score (nSPS) is 16.0. The molecule has 0 aromatic heterocycles. The number of carbonyl (C=O) groups excluding carboxylic acids is 4. The fourth-order valence-corrected chi connectivity index (χ4v) is 6.04. The van der Waals surface area contributed by atoms with Crippen LogP contribution in [0.5, 0.6) is 0 Å². The lowest BCUT2D eigenvalue weighted by Gasteiger charge is -2.26. The first kappa shape index (κ1) is 36.7. The molecule has 0 saturated heterocycles. The molecule has 0 radical (unpaired) electrons. The van der Waals surface area contributed by atoms with Crippen molar-refractivity contribution >= 4 is 34.6 Å². The van der Waals surface area contributed by atoms with Crippen molar-refractivity contribution in [3.05, 3.63) is 70.2 Å². The maximum atomic E-state index is 13.4. The molecule has 7 heteroatoms. The quantitative estimate of drug-likeness (QED) is 0.0926. The summed E-state index contributed by atoms with van der Waals surface area (Å²) in [5.74, 6) is -1.08. The summed E-state index contributed by atoms with van der Waals surface area (Å²) < 4.78 is 0. The average molecular weight is 631 g/mol. The first-order valence-corrected chi connectivity index (χ1v) is 17.6. The second-order valence-corrected chi connectivity index (χ2v) is 12.7. The van der Waals surface area contributed by atoms with Crippen molar-refractivity contribution in [1.82, 2.24) is 5.32 Å². The fourth-order valence-electron chi connectivity index (χ4n) is 6.04. The van der Waals surface area contributed by atoms with E-state index in [4.69, 9.17) is 0 Å². The molecule has 0 heterocycles. The molecular weight excluding hydrogens is 576 g/mol. The number of aliphatic hydroxyl groups excluding tert-OH is 1. The number of aliphatic hydroxyl groups is 1. The van der Waals surface area contributed by atoms with Crippen molar-refractivity contribution in [1.29, 1.82) is 0 Å². The van der Waals surface area contributed by atoms with E-state index in [0.717, 1.165) is 56.9 Å². The summed E-state index contributed by atoms with van der Waals surface area (Å²) in [5.41, 5.74) is 2.79. The molecule has 7 nitrogen and oxygen atoms in total. The summed E-state index contributed by atoms with van der Waals surface area (Å²) >= 11 is 0.